The van der Waals surface area contributed by atoms with Crippen LogP contribution in [0.3, 0.4) is 0 Å². The minimum absolute atomic E-state index is 0.397. The van der Waals surface area contributed by atoms with Gasteiger partial charge in [-0.3, -0.25) is 0 Å². The number of ether oxygens (including phenoxy) is 4. The molecule has 28 heavy (non-hydrogen) atoms. The summed E-state index contributed by atoms with van der Waals surface area (Å²) >= 11 is 0. The molecule has 0 bridgehead atoms. The Balaban J connectivity index is 2.06. The summed E-state index contributed by atoms with van der Waals surface area (Å²) in [6.07, 6.45) is 5.12. The fraction of sp³-hybridized carbons (Fsp3) is 0.348. The third kappa shape index (κ3) is 6.65. The Labute approximate surface area is 166 Å². The van der Waals surface area contributed by atoms with E-state index in [0.29, 0.717) is 42.8 Å². The van der Waals surface area contributed by atoms with Crippen LogP contribution < -0.4 is 18.9 Å². The highest BCUT2D eigenvalue weighted by molar-refractivity contribution is 5.89. The molecule has 0 unspecified atom stereocenters. The van der Waals surface area contributed by atoms with Crippen LogP contribution in [0.5, 0.6) is 23.0 Å². The van der Waals surface area contributed by atoms with Crippen LogP contribution in [0.4, 0.5) is 0 Å². The van der Waals surface area contributed by atoms with Crippen molar-refractivity contribution in [2.24, 2.45) is 0 Å². The molecule has 2 rings (SSSR count). The van der Waals surface area contributed by atoms with E-state index in [2.05, 4.69) is 6.92 Å². The summed E-state index contributed by atoms with van der Waals surface area (Å²) in [6.45, 7) is 7.60. The number of esters is 1. The van der Waals surface area contributed by atoms with Gasteiger partial charge in [0.1, 0.15) is 0 Å². The highest BCUT2D eigenvalue weighted by Gasteiger charge is 2.08. The lowest BCUT2D eigenvalue weighted by Crippen LogP contribution is -2.05. The van der Waals surface area contributed by atoms with E-state index >= 15 is 0 Å². The van der Waals surface area contributed by atoms with Crippen LogP contribution in [-0.4, -0.2) is 25.8 Å². The maximum Gasteiger partial charge on any atom is 0.336 e. The Hall–Kier alpha value is -2.95. The number of hydrogen-bond donors (Lipinski definition) is 0. The maximum absolute atomic E-state index is 12.2. The third-order valence-corrected chi connectivity index (χ3v) is 3.79. The standard InChI is InChI=1S/C23H28O5/c1-4-7-16-27-20-14-12-18(17-22(20)26-6-3)13-15-23(24)28-21-11-9-8-10-19(21)25-5-2/h8-15,17H,4-7,16H2,1-3H3/b15-13+. The molecular weight excluding hydrogens is 356 g/mol. The van der Waals surface area contributed by atoms with Gasteiger partial charge in [0.25, 0.3) is 0 Å². The first kappa shape index (κ1) is 21.4. The van der Waals surface area contributed by atoms with E-state index in [9.17, 15) is 4.79 Å². The molecule has 0 aliphatic rings. The van der Waals surface area contributed by atoms with E-state index in [4.69, 9.17) is 18.9 Å². The molecule has 0 aliphatic heterocycles. The van der Waals surface area contributed by atoms with Gasteiger partial charge in [0, 0.05) is 6.08 Å². The number of unbranched alkanes of at least 4 members (excludes halogenated alkanes) is 1. The number of carbonyl (C=O) groups excluding carboxylic acids is 1. The van der Waals surface area contributed by atoms with Gasteiger partial charge in [0.05, 0.1) is 19.8 Å². The van der Waals surface area contributed by atoms with Gasteiger partial charge in [-0.1, -0.05) is 31.5 Å². The summed E-state index contributed by atoms with van der Waals surface area (Å²) in [6, 6.07) is 12.7. The fourth-order valence-electron chi connectivity index (χ4n) is 2.46. The van der Waals surface area contributed by atoms with E-state index in [1.807, 2.05) is 38.1 Å². The minimum atomic E-state index is -0.478. The molecule has 0 fully saturated rings. The first-order chi connectivity index (χ1) is 13.7. The molecule has 0 atom stereocenters. The molecule has 0 radical (unpaired) electrons. The van der Waals surface area contributed by atoms with E-state index < -0.39 is 5.97 Å². The molecule has 0 amide bonds. The number of rotatable bonds is 11. The number of hydrogen-bond acceptors (Lipinski definition) is 5. The molecule has 0 spiro atoms. The monoisotopic (exact) mass is 384 g/mol. The van der Waals surface area contributed by atoms with Gasteiger partial charge < -0.3 is 18.9 Å². The number of benzene rings is 2. The van der Waals surface area contributed by atoms with E-state index in [0.717, 1.165) is 18.4 Å². The molecule has 0 N–H and O–H groups in total. The molecule has 150 valence electrons. The van der Waals surface area contributed by atoms with Gasteiger partial charge in [-0.05, 0) is 56.2 Å². The average molecular weight is 384 g/mol. The van der Waals surface area contributed by atoms with Crippen molar-refractivity contribution >= 4 is 12.0 Å². The van der Waals surface area contributed by atoms with E-state index in [-0.39, 0.29) is 0 Å². The second-order valence-corrected chi connectivity index (χ2v) is 5.98. The average Bonchev–Trinajstić information content (AvgIpc) is 2.70. The van der Waals surface area contributed by atoms with Crippen LogP contribution in [-0.2, 0) is 4.79 Å². The van der Waals surface area contributed by atoms with Crippen molar-refractivity contribution in [1.82, 2.24) is 0 Å². The van der Waals surface area contributed by atoms with Crippen molar-refractivity contribution in [3.05, 3.63) is 54.1 Å². The molecule has 0 saturated carbocycles. The maximum atomic E-state index is 12.2. The highest BCUT2D eigenvalue weighted by atomic mass is 16.6. The Bertz CT molecular complexity index is 782. The molecule has 0 saturated heterocycles. The molecular formula is C23H28O5. The summed E-state index contributed by atoms with van der Waals surface area (Å²) in [4.78, 5) is 12.2. The van der Waals surface area contributed by atoms with Crippen LogP contribution in [0.25, 0.3) is 6.08 Å². The molecule has 0 aromatic heterocycles. The summed E-state index contributed by atoms with van der Waals surface area (Å²) in [5, 5.41) is 0. The first-order valence-corrected chi connectivity index (χ1v) is 9.69. The predicted molar refractivity (Wildman–Crippen MR) is 110 cm³/mol. The van der Waals surface area contributed by atoms with Crippen molar-refractivity contribution in [3.63, 3.8) is 0 Å². The van der Waals surface area contributed by atoms with Gasteiger partial charge >= 0.3 is 5.97 Å². The van der Waals surface area contributed by atoms with Crippen LogP contribution >= 0.6 is 0 Å². The molecule has 5 nitrogen and oxygen atoms in total. The lowest BCUT2D eigenvalue weighted by molar-refractivity contribution is -0.129. The van der Waals surface area contributed by atoms with Crippen LogP contribution in [0, 0.1) is 0 Å². The summed E-state index contributed by atoms with van der Waals surface area (Å²) in [7, 11) is 0. The van der Waals surface area contributed by atoms with Gasteiger partial charge in [-0.25, -0.2) is 4.79 Å². The van der Waals surface area contributed by atoms with Crippen molar-refractivity contribution in [3.8, 4) is 23.0 Å². The molecule has 0 heterocycles. The number of para-hydroxylation sites is 2. The zero-order valence-corrected chi connectivity index (χ0v) is 16.8. The zero-order chi connectivity index (χ0) is 20.2. The van der Waals surface area contributed by atoms with Crippen molar-refractivity contribution in [2.75, 3.05) is 19.8 Å². The summed E-state index contributed by atoms with van der Waals surface area (Å²) in [5.41, 5.74) is 0.821. The van der Waals surface area contributed by atoms with Crippen molar-refractivity contribution in [2.45, 2.75) is 33.6 Å². The van der Waals surface area contributed by atoms with E-state index in [1.165, 1.54) is 6.08 Å². The largest absolute Gasteiger partial charge is 0.490 e. The van der Waals surface area contributed by atoms with Crippen LogP contribution in [0.1, 0.15) is 39.2 Å². The lowest BCUT2D eigenvalue weighted by Gasteiger charge is -2.12. The van der Waals surface area contributed by atoms with Crippen molar-refractivity contribution < 1.29 is 23.7 Å². The lowest BCUT2D eigenvalue weighted by atomic mass is 10.2. The third-order valence-electron chi connectivity index (χ3n) is 3.79. The second kappa shape index (κ2) is 11.7. The zero-order valence-electron chi connectivity index (χ0n) is 16.8. The highest BCUT2D eigenvalue weighted by Crippen LogP contribution is 2.30. The topological polar surface area (TPSA) is 54.0 Å². The van der Waals surface area contributed by atoms with Crippen LogP contribution in [0.2, 0.25) is 0 Å². The Morgan fingerprint density at radius 2 is 1.54 bits per heavy atom. The Morgan fingerprint density at radius 3 is 2.25 bits per heavy atom. The summed E-state index contributed by atoms with van der Waals surface area (Å²) in [5.74, 6) is 1.83. The quantitative estimate of drug-likeness (QED) is 0.228. The van der Waals surface area contributed by atoms with Gasteiger partial charge in [0.2, 0.25) is 0 Å². The Morgan fingerprint density at radius 1 is 0.857 bits per heavy atom. The smallest absolute Gasteiger partial charge is 0.336 e. The second-order valence-electron chi connectivity index (χ2n) is 5.98. The van der Waals surface area contributed by atoms with Crippen molar-refractivity contribution in [1.29, 1.82) is 0 Å². The predicted octanol–water partition coefficient (Wildman–Crippen LogP) is 5.28. The van der Waals surface area contributed by atoms with Gasteiger partial charge in [-0.2, -0.15) is 0 Å². The molecule has 2 aromatic carbocycles. The minimum Gasteiger partial charge on any atom is -0.490 e. The normalized spacial score (nSPS) is 10.7. The molecule has 0 aliphatic carbocycles. The van der Waals surface area contributed by atoms with Gasteiger partial charge in [0.15, 0.2) is 23.0 Å². The van der Waals surface area contributed by atoms with E-state index in [1.54, 1.807) is 24.3 Å². The number of carbonyl (C=O) groups is 1. The Kier molecular flexibility index (Phi) is 8.92. The SMILES string of the molecule is CCCCOc1ccc(/C=C/C(=O)Oc2ccccc2OCC)cc1OCC. The van der Waals surface area contributed by atoms with Gasteiger partial charge in [-0.15, -0.1) is 0 Å². The fourth-order valence-corrected chi connectivity index (χ4v) is 2.46. The van der Waals surface area contributed by atoms with Crippen LogP contribution in [0.15, 0.2) is 48.5 Å². The molecule has 5 heteroatoms. The summed E-state index contributed by atoms with van der Waals surface area (Å²) < 4.78 is 22.3. The first-order valence-electron chi connectivity index (χ1n) is 9.69. The molecule has 2 aromatic rings.